The molecule has 0 bridgehead atoms. The average Bonchev–Trinajstić information content (AvgIpc) is 2.64. The Morgan fingerprint density at radius 1 is 0.962 bits per heavy atom. The third-order valence-electron chi connectivity index (χ3n) is 3.88. The van der Waals surface area contributed by atoms with Gasteiger partial charge in [0.25, 0.3) is 5.56 Å². The first-order valence-electron chi connectivity index (χ1n) is 7.83. The van der Waals surface area contributed by atoms with Gasteiger partial charge in [0.1, 0.15) is 0 Å². The van der Waals surface area contributed by atoms with Crippen molar-refractivity contribution in [1.29, 1.82) is 0 Å². The number of nitro groups is 1. The molecule has 0 unspecified atom stereocenters. The molecule has 0 radical (unpaired) electrons. The van der Waals surface area contributed by atoms with Crippen LogP contribution in [0.2, 0.25) is 0 Å². The maximum absolute atomic E-state index is 12.5. The maximum Gasteiger partial charge on any atom is 0.329 e. The van der Waals surface area contributed by atoms with Crippen LogP contribution in [-0.2, 0) is 0 Å². The molecule has 0 spiro atoms. The summed E-state index contributed by atoms with van der Waals surface area (Å²) in [5.41, 5.74) is 0.447. The highest BCUT2D eigenvalue weighted by molar-refractivity contribution is 5.45. The highest BCUT2D eigenvalue weighted by atomic mass is 16.6. The van der Waals surface area contributed by atoms with Crippen LogP contribution in [0.15, 0.2) is 82.6 Å². The Labute approximate surface area is 148 Å². The van der Waals surface area contributed by atoms with Crippen LogP contribution in [0.3, 0.4) is 0 Å². The molecule has 0 atom stereocenters. The van der Waals surface area contributed by atoms with Gasteiger partial charge in [0.15, 0.2) is 0 Å². The minimum Gasteiger partial charge on any atom is -0.288 e. The summed E-state index contributed by atoms with van der Waals surface area (Å²) < 4.78 is 1.37. The highest BCUT2D eigenvalue weighted by Crippen LogP contribution is 2.25. The van der Waals surface area contributed by atoms with E-state index in [0.717, 1.165) is 17.2 Å². The van der Waals surface area contributed by atoms with E-state index in [9.17, 15) is 19.7 Å². The summed E-state index contributed by atoms with van der Waals surface area (Å²) in [7, 11) is 0. The second kappa shape index (κ2) is 7.43. The summed E-state index contributed by atoms with van der Waals surface area (Å²) in [6.07, 6.45) is 3.08. The zero-order valence-corrected chi connectivity index (χ0v) is 13.6. The summed E-state index contributed by atoms with van der Waals surface area (Å²) in [5.74, 6) is 0. The molecule has 0 aliphatic heterocycles. The lowest BCUT2D eigenvalue weighted by molar-refractivity contribution is -0.400. The van der Waals surface area contributed by atoms with Crippen molar-refractivity contribution < 1.29 is 4.92 Å². The van der Waals surface area contributed by atoms with Crippen molar-refractivity contribution in [3.05, 3.63) is 121 Å². The molecule has 3 rings (SSSR count). The van der Waals surface area contributed by atoms with Crippen LogP contribution in [-0.4, -0.2) is 14.5 Å². The molecule has 0 amide bonds. The van der Waals surface area contributed by atoms with Gasteiger partial charge in [-0.25, -0.2) is 4.79 Å². The fraction of sp³-hybridized carbons (Fsp3) is 0.0526. The number of benzene rings is 2. The van der Waals surface area contributed by atoms with E-state index in [0.29, 0.717) is 6.20 Å². The highest BCUT2D eigenvalue weighted by Gasteiger charge is 2.18. The first kappa shape index (κ1) is 17.1. The van der Waals surface area contributed by atoms with Crippen molar-refractivity contribution >= 4 is 6.08 Å². The number of hydrogen-bond donors (Lipinski definition) is 1. The van der Waals surface area contributed by atoms with E-state index in [-0.39, 0.29) is 5.56 Å². The number of rotatable bonds is 5. The summed E-state index contributed by atoms with van der Waals surface area (Å²) in [6.45, 7) is 0. The van der Waals surface area contributed by atoms with Crippen LogP contribution in [0.25, 0.3) is 6.08 Å². The molecule has 1 heterocycles. The van der Waals surface area contributed by atoms with Crippen molar-refractivity contribution in [2.75, 3.05) is 0 Å². The van der Waals surface area contributed by atoms with Gasteiger partial charge < -0.3 is 0 Å². The molecule has 0 saturated heterocycles. The van der Waals surface area contributed by atoms with Crippen molar-refractivity contribution in [3.63, 3.8) is 0 Å². The molecule has 1 N–H and O–H groups in total. The van der Waals surface area contributed by atoms with Crippen LogP contribution in [0.5, 0.6) is 0 Å². The lowest BCUT2D eigenvalue weighted by Gasteiger charge is -2.21. The summed E-state index contributed by atoms with van der Waals surface area (Å²) in [5, 5.41) is 10.6. The fourth-order valence-corrected chi connectivity index (χ4v) is 2.74. The summed E-state index contributed by atoms with van der Waals surface area (Å²) in [4.78, 5) is 36.5. The summed E-state index contributed by atoms with van der Waals surface area (Å²) >= 11 is 0. The van der Waals surface area contributed by atoms with Gasteiger partial charge in [-0.3, -0.25) is 24.5 Å². The standard InChI is InChI=1S/C19H15N3O4/c23-18-16(11-12-22(25)26)13-21(19(24)20-18)17(14-7-3-1-4-8-14)15-9-5-2-6-10-15/h1-13,17H,(H,20,23,24). The van der Waals surface area contributed by atoms with E-state index in [2.05, 4.69) is 4.98 Å². The third kappa shape index (κ3) is 3.67. The minimum absolute atomic E-state index is 0.0261. The van der Waals surface area contributed by atoms with E-state index in [1.807, 2.05) is 60.7 Å². The van der Waals surface area contributed by atoms with Gasteiger partial charge in [-0.05, 0) is 11.1 Å². The summed E-state index contributed by atoms with van der Waals surface area (Å²) in [6, 6.07) is 18.2. The molecule has 2 aromatic carbocycles. The second-order valence-electron chi connectivity index (χ2n) is 5.58. The van der Waals surface area contributed by atoms with E-state index >= 15 is 0 Å². The number of nitrogens with zero attached hydrogens (tertiary/aromatic N) is 2. The number of nitrogens with one attached hydrogen (secondary N) is 1. The second-order valence-corrected chi connectivity index (χ2v) is 5.58. The molecule has 130 valence electrons. The Balaban J connectivity index is 2.22. The monoisotopic (exact) mass is 349 g/mol. The van der Waals surface area contributed by atoms with E-state index in [1.165, 1.54) is 10.8 Å². The van der Waals surface area contributed by atoms with Crippen molar-refractivity contribution in [3.8, 4) is 0 Å². The predicted molar refractivity (Wildman–Crippen MR) is 97.5 cm³/mol. The van der Waals surface area contributed by atoms with Gasteiger partial charge in [0.05, 0.1) is 16.5 Å². The number of H-pyrrole nitrogens is 1. The molecule has 3 aromatic rings. The fourth-order valence-electron chi connectivity index (χ4n) is 2.74. The normalized spacial score (nSPS) is 11.1. The van der Waals surface area contributed by atoms with Gasteiger partial charge in [0, 0.05) is 12.3 Å². The van der Waals surface area contributed by atoms with Crippen LogP contribution in [0.4, 0.5) is 0 Å². The van der Waals surface area contributed by atoms with Crippen LogP contribution < -0.4 is 11.2 Å². The molecular formula is C19H15N3O4. The van der Waals surface area contributed by atoms with E-state index < -0.39 is 22.2 Å². The van der Waals surface area contributed by atoms with Crippen molar-refractivity contribution in [1.82, 2.24) is 9.55 Å². The topological polar surface area (TPSA) is 98.0 Å². The third-order valence-corrected chi connectivity index (χ3v) is 3.88. The lowest BCUT2D eigenvalue weighted by atomic mass is 9.98. The van der Waals surface area contributed by atoms with Gasteiger partial charge in [-0.1, -0.05) is 60.7 Å². The Bertz CT molecular complexity index is 1010. The molecule has 0 saturated carbocycles. The number of aromatic amines is 1. The molecule has 26 heavy (non-hydrogen) atoms. The minimum atomic E-state index is -0.677. The quantitative estimate of drug-likeness (QED) is 0.565. The Morgan fingerprint density at radius 2 is 1.50 bits per heavy atom. The van der Waals surface area contributed by atoms with Crippen molar-refractivity contribution in [2.24, 2.45) is 0 Å². The zero-order chi connectivity index (χ0) is 18.5. The molecule has 1 aromatic heterocycles. The SMILES string of the molecule is O=c1[nH]c(=O)n(C(c2ccccc2)c2ccccc2)cc1C=C[N+](=O)[O-]. The molecule has 0 fully saturated rings. The van der Waals surface area contributed by atoms with E-state index in [1.54, 1.807) is 0 Å². The number of aromatic nitrogens is 2. The van der Waals surface area contributed by atoms with Crippen molar-refractivity contribution in [2.45, 2.75) is 6.04 Å². The maximum atomic E-state index is 12.5. The Morgan fingerprint density at radius 3 is 2.00 bits per heavy atom. The van der Waals surface area contributed by atoms with Crippen LogP contribution in [0.1, 0.15) is 22.7 Å². The smallest absolute Gasteiger partial charge is 0.288 e. The van der Waals surface area contributed by atoms with Gasteiger partial charge >= 0.3 is 5.69 Å². The predicted octanol–water partition coefficient (Wildman–Crippen LogP) is 2.42. The largest absolute Gasteiger partial charge is 0.329 e. The first-order valence-corrected chi connectivity index (χ1v) is 7.83. The number of hydrogen-bond acceptors (Lipinski definition) is 4. The van der Waals surface area contributed by atoms with Gasteiger partial charge in [-0.15, -0.1) is 0 Å². The molecular weight excluding hydrogens is 334 g/mol. The average molecular weight is 349 g/mol. The Hall–Kier alpha value is -3.74. The lowest BCUT2D eigenvalue weighted by Crippen LogP contribution is -2.34. The molecule has 0 aliphatic carbocycles. The Kier molecular flexibility index (Phi) is 4.89. The zero-order valence-electron chi connectivity index (χ0n) is 13.6. The van der Waals surface area contributed by atoms with Gasteiger partial charge in [-0.2, -0.15) is 0 Å². The molecule has 7 heteroatoms. The molecule has 0 aliphatic rings. The van der Waals surface area contributed by atoms with Crippen LogP contribution in [0, 0.1) is 10.1 Å². The molecule has 7 nitrogen and oxygen atoms in total. The van der Waals surface area contributed by atoms with Crippen LogP contribution >= 0.6 is 0 Å². The first-order chi connectivity index (χ1) is 12.6. The van der Waals surface area contributed by atoms with Gasteiger partial charge in [0.2, 0.25) is 6.20 Å². The van der Waals surface area contributed by atoms with E-state index in [4.69, 9.17) is 0 Å².